The average Bonchev–Trinajstić information content (AvgIpc) is 2.87. The van der Waals surface area contributed by atoms with Crippen molar-refractivity contribution in [1.29, 1.82) is 0 Å². The molecule has 0 radical (unpaired) electrons. The first kappa shape index (κ1) is 17.3. The Morgan fingerprint density at radius 1 is 1.25 bits per heavy atom. The Balaban J connectivity index is 1.74. The molecule has 2 fully saturated rings. The molecular weight excluding hydrogens is 319 g/mol. The van der Waals surface area contributed by atoms with Gasteiger partial charge in [0.1, 0.15) is 0 Å². The van der Waals surface area contributed by atoms with Crippen molar-refractivity contribution >= 4 is 5.91 Å². The van der Waals surface area contributed by atoms with Crippen molar-refractivity contribution in [3.8, 4) is 0 Å². The van der Waals surface area contributed by atoms with Gasteiger partial charge in [-0.2, -0.15) is 13.2 Å². The van der Waals surface area contributed by atoms with E-state index in [1.165, 1.54) is 18.2 Å². The molecule has 0 bridgehead atoms. The van der Waals surface area contributed by atoms with E-state index < -0.39 is 17.8 Å². The van der Waals surface area contributed by atoms with Crippen molar-refractivity contribution in [3.05, 3.63) is 35.4 Å². The lowest BCUT2D eigenvalue weighted by Crippen LogP contribution is -2.49. The number of rotatable bonds is 2. The van der Waals surface area contributed by atoms with Crippen molar-refractivity contribution in [1.82, 2.24) is 4.90 Å². The lowest BCUT2D eigenvalue weighted by atomic mass is 9.76. The quantitative estimate of drug-likeness (QED) is 0.896. The molecule has 1 aliphatic carbocycles. The van der Waals surface area contributed by atoms with E-state index in [0.717, 1.165) is 38.2 Å². The van der Waals surface area contributed by atoms with Crippen LogP contribution in [0.25, 0.3) is 0 Å². The van der Waals surface area contributed by atoms with E-state index in [0.29, 0.717) is 13.1 Å². The number of piperidine rings is 1. The van der Waals surface area contributed by atoms with Crippen LogP contribution in [0.5, 0.6) is 0 Å². The third kappa shape index (κ3) is 3.29. The minimum Gasteiger partial charge on any atom is -0.392 e. The first-order chi connectivity index (χ1) is 11.3. The fourth-order valence-electron chi connectivity index (χ4n) is 4.20. The number of hydrogen-bond acceptors (Lipinski definition) is 2. The number of carbonyl (C=O) groups is 1. The third-order valence-corrected chi connectivity index (χ3v) is 5.48. The van der Waals surface area contributed by atoms with Crippen LogP contribution in [0.15, 0.2) is 24.3 Å². The zero-order valence-corrected chi connectivity index (χ0v) is 13.5. The van der Waals surface area contributed by atoms with E-state index in [1.807, 2.05) is 0 Å². The Hall–Kier alpha value is -1.56. The summed E-state index contributed by atoms with van der Waals surface area (Å²) >= 11 is 0. The lowest BCUT2D eigenvalue weighted by Gasteiger charge is -2.42. The molecule has 24 heavy (non-hydrogen) atoms. The molecule has 2 aliphatic rings. The number of nitrogens with zero attached hydrogens (tertiary/aromatic N) is 1. The molecule has 0 aromatic heterocycles. The third-order valence-electron chi connectivity index (χ3n) is 5.48. The van der Waals surface area contributed by atoms with Crippen molar-refractivity contribution in [2.24, 2.45) is 5.41 Å². The van der Waals surface area contributed by atoms with Crippen LogP contribution in [0.2, 0.25) is 0 Å². The number of amides is 1. The van der Waals surface area contributed by atoms with Gasteiger partial charge < -0.3 is 10.0 Å². The van der Waals surface area contributed by atoms with E-state index in [1.54, 1.807) is 4.90 Å². The highest BCUT2D eigenvalue weighted by molar-refractivity contribution is 5.79. The van der Waals surface area contributed by atoms with Gasteiger partial charge in [-0.15, -0.1) is 0 Å². The van der Waals surface area contributed by atoms with Gasteiger partial charge in [0.05, 0.1) is 18.1 Å². The molecule has 1 heterocycles. The van der Waals surface area contributed by atoms with Gasteiger partial charge in [0.2, 0.25) is 5.91 Å². The summed E-state index contributed by atoms with van der Waals surface area (Å²) in [7, 11) is 0. The first-order valence-electron chi connectivity index (χ1n) is 8.43. The predicted molar refractivity (Wildman–Crippen MR) is 83.3 cm³/mol. The minimum atomic E-state index is -4.46. The van der Waals surface area contributed by atoms with Crippen molar-refractivity contribution in [2.75, 3.05) is 13.1 Å². The Kier molecular flexibility index (Phi) is 4.60. The number of aliphatic hydroxyl groups is 1. The summed E-state index contributed by atoms with van der Waals surface area (Å²) in [5.74, 6) is -0.287. The molecule has 3 nitrogen and oxygen atoms in total. The van der Waals surface area contributed by atoms with Gasteiger partial charge in [-0.1, -0.05) is 24.6 Å². The number of benzene rings is 1. The van der Waals surface area contributed by atoms with Crippen molar-refractivity contribution in [3.63, 3.8) is 0 Å². The van der Waals surface area contributed by atoms with Crippen molar-refractivity contribution in [2.45, 2.75) is 50.8 Å². The zero-order valence-electron chi connectivity index (χ0n) is 13.5. The van der Waals surface area contributed by atoms with E-state index in [9.17, 15) is 23.1 Å². The molecule has 6 heteroatoms. The summed E-state index contributed by atoms with van der Waals surface area (Å²) in [4.78, 5) is 14.2. The van der Waals surface area contributed by atoms with Gasteiger partial charge in [0.15, 0.2) is 0 Å². The number of carbonyl (C=O) groups excluding carboxylic acids is 1. The maximum Gasteiger partial charge on any atom is 0.416 e. The van der Waals surface area contributed by atoms with Gasteiger partial charge in [0.25, 0.3) is 0 Å². The monoisotopic (exact) mass is 341 g/mol. The predicted octanol–water partition coefficient (Wildman–Crippen LogP) is 3.40. The topological polar surface area (TPSA) is 40.5 Å². The molecule has 2 atom stereocenters. The maximum atomic E-state index is 13.1. The highest BCUT2D eigenvalue weighted by atomic mass is 19.4. The number of hydrogen-bond donors (Lipinski definition) is 1. The van der Waals surface area contributed by atoms with Gasteiger partial charge in [-0.3, -0.25) is 4.79 Å². The van der Waals surface area contributed by atoms with E-state index in [-0.39, 0.29) is 23.3 Å². The standard InChI is InChI=1S/C18H22F3NO2/c19-18(20,21)14-6-2-1-5-13(14)11-16(24)22-10-4-9-17(12-22)8-3-7-15(17)23/h1-2,5-6,15,23H,3-4,7-12H2/t15-,17+/m1/s1. The molecule has 1 aromatic carbocycles. The minimum absolute atomic E-state index is 0.0154. The molecule has 0 unspecified atom stereocenters. The van der Waals surface area contributed by atoms with Crippen LogP contribution >= 0.6 is 0 Å². The van der Waals surface area contributed by atoms with Crippen LogP contribution in [0.4, 0.5) is 13.2 Å². The highest BCUT2D eigenvalue weighted by Gasteiger charge is 2.45. The van der Waals surface area contributed by atoms with Crippen LogP contribution in [0, 0.1) is 5.41 Å². The molecule has 3 rings (SSSR count). The fraction of sp³-hybridized carbons (Fsp3) is 0.611. The fourth-order valence-corrected chi connectivity index (χ4v) is 4.20. The van der Waals surface area contributed by atoms with Gasteiger partial charge >= 0.3 is 6.18 Å². The molecule has 1 saturated heterocycles. The Labute approximate surface area is 139 Å². The summed E-state index contributed by atoms with van der Waals surface area (Å²) in [5, 5.41) is 10.3. The van der Waals surface area contributed by atoms with E-state index in [4.69, 9.17) is 0 Å². The molecule has 1 aliphatic heterocycles. The highest BCUT2D eigenvalue weighted by Crippen LogP contribution is 2.45. The summed E-state index contributed by atoms with van der Waals surface area (Å²) in [6.45, 7) is 1.02. The average molecular weight is 341 g/mol. The van der Waals surface area contributed by atoms with Gasteiger partial charge in [0, 0.05) is 18.5 Å². The van der Waals surface area contributed by atoms with Crippen molar-refractivity contribution < 1.29 is 23.1 Å². The second-order valence-electron chi connectivity index (χ2n) is 7.02. The summed E-state index contributed by atoms with van der Waals surface area (Å²) < 4.78 is 39.2. The Morgan fingerprint density at radius 3 is 2.62 bits per heavy atom. The second kappa shape index (κ2) is 6.39. The number of aliphatic hydroxyl groups excluding tert-OH is 1. The molecule has 1 spiro atoms. The summed E-state index contributed by atoms with van der Waals surface area (Å²) in [6, 6.07) is 5.24. The smallest absolute Gasteiger partial charge is 0.392 e. The Bertz CT molecular complexity index is 617. The van der Waals surface area contributed by atoms with E-state index >= 15 is 0 Å². The molecule has 1 amide bonds. The van der Waals surface area contributed by atoms with Crippen LogP contribution in [0.3, 0.4) is 0 Å². The number of halogens is 3. The molecule has 1 aromatic rings. The number of likely N-dealkylation sites (tertiary alicyclic amines) is 1. The maximum absolute atomic E-state index is 13.1. The second-order valence-corrected chi connectivity index (χ2v) is 7.02. The lowest BCUT2D eigenvalue weighted by molar-refractivity contribution is -0.139. The molecule has 1 N–H and O–H groups in total. The van der Waals surface area contributed by atoms with Gasteiger partial charge in [-0.25, -0.2) is 0 Å². The van der Waals surface area contributed by atoms with Crippen LogP contribution in [-0.2, 0) is 17.4 Å². The Morgan fingerprint density at radius 2 is 1.96 bits per heavy atom. The molecular formula is C18H22F3NO2. The van der Waals surface area contributed by atoms with E-state index in [2.05, 4.69) is 0 Å². The largest absolute Gasteiger partial charge is 0.416 e. The zero-order chi connectivity index (χ0) is 17.4. The summed E-state index contributed by atoms with van der Waals surface area (Å²) in [6.07, 6.45) is -0.851. The van der Waals surface area contributed by atoms with Crippen LogP contribution in [0.1, 0.15) is 43.2 Å². The van der Waals surface area contributed by atoms with Crippen LogP contribution < -0.4 is 0 Å². The first-order valence-corrected chi connectivity index (χ1v) is 8.43. The molecule has 1 saturated carbocycles. The summed E-state index contributed by atoms with van der Waals surface area (Å²) in [5.41, 5.74) is -0.982. The number of alkyl halides is 3. The SMILES string of the molecule is O=C(Cc1ccccc1C(F)(F)F)N1CCC[C@@]2(CCC[C@H]2O)C1. The normalized spacial score (nSPS) is 27.7. The van der Waals surface area contributed by atoms with Gasteiger partial charge in [-0.05, 0) is 37.3 Å². The molecule has 132 valence electrons. The van der Waals surface area contributed by atoms with Crippen LogP contribution in [-0.4, -0.2) is 35.1 Å².